The maximum atomic E-state index is 11.1. The predicted molar refractivity (Wildman–Crippen MR) is 68.9 cm³/mol. The zero-order valence-electron chi connectivity index (χ0n) is 10.3. The van der Waals surface area contributed by atoms with E-state index in [0.717, 1.165) is 10.9 Å². The fraction of sp³-hybridized carbons (Fsp3) is 0.231. The molecule has 0 saturated heterocycles. The maximum absolute atomic E-state index is 11.1. The Balaban J connectivity index is 2.47. The summed E-state index contributed by atoms with van der Waals surface area (Å²) in [4.78, 5) is 24.9. The minimum atomic E-state index is -1.10. The van der Waals surface area contributed by atoms with E-state index >= 15 is 0 Å². The van der Waals surface area contributed by atoms with Crippen molar-refractivity contribution in [3.63, 3.8) is 0 Å². The number of aliphatic carboxylic acids is 1. The van der Waals surface area contributed by atoms with Gasteiger partial charge in [-0.05, 0) is 6.07 Å². The number of carbonyl (C=O) groups excluding carboxylic acids is 1. The number of hydrogen-bond donors (Lipinski definition) is 3. The number of esters is 1. The molecule has 0 aliphatic heterocycles. The van der Waals surface area contributed by atoms with Crippen LogP contribution in [0.25, 0.3) is 10.9 Å². The molecule has 0 saturated carbocycles. The number of carboxylic acid groups (broad SMARTS) is 1. The highest BCUT2D eigenvalue weighted by Crippen LogP contribution is 2.29. The van der Waals surface area contributed by atoms with Crippen LogP contribution >= 0.6 is 0 Å². The first-order valence-electron chi connectivity index (χ1n) is 5.75. The van der Waals surface area contributed by atoms with Crippen molar-refractivity contribution in [3.05, 3.63) is 29.8 Å². The zero-order valence-corrected chi connectivity index (χ0v) is 10.3. The van der Waals surface area contributed by atoms with E-state index in [1.165, 1.54) is 6.92 Å². The van der Waals surface area contributed by atoms with Crippen LogP contribution in [0, 0.1) is 0 Å². The number of para-hydroxylation sites is 1. The van der Waals surface area contributed by atoms with Crippen molar-refractivity contribution in [1.82, 2.24) is 4.98 Å². The lowest BCUT2D eigenvalue weighted by Crippen LogP contribution is -2.32. The lowest BCUT2D eigenvalue weighted by atomic mass is 10.1. The van der Waals surface area contributed by atoms with E-state index in [-0.39, 0.29) is 12.3 Å². The Kier molecular flexibility index (Phi) is 3.52. The summed E-state index contributed by atoms with van der Waals surface area (Å²) in [6.07, 6.45) is 0.0853. The Bertz CT molecular complexity index is 633. The van der Waals surface area contributed by atoms with Gasteiger partial charge in [0, 0.05) is 29.8 Å². The monoisotopic (exact) mass is 262 g/mol. The Labute approximate surface area is 109 Å². The number of carboxylic acids is 1. The van der Waals surface area contributed by atoms with Gasteiger partial charge in [-0.1, -0.05) is 18.2 Å². The van der Waals surface area contributed by atoms with E-state index in [0.29, 0.717) is 5.56 Å². The standard InChI is InChI=1S/C13H14N2O4/c1-7(16)19-12-9(6-10(14)13(17)18)8-4-2-3-5-11(8)15-12/h2-5,10,15H,6,14H2,1H3,(H,17,18)/t10-/m0/s1. The molecule has 0 spiro atoms. The van der Waals surface area contributed by atoms with Gasteiger partial charge in [0.15, 0.2) is 0 Å². The van der Waals surface area contributed by atoms with Gasteiger partial charge in [0.1, 0.15) is 6.04 Å². The molecule has 0 bridgehead atoms. The summed E-state index contributed by atoms with van der Waals surface area (Å²) < 4.78 is 5.07. The topological polar surface area (TPSA) is 105 Å². The lowest BCUT2D eigenvalue weighted by molar-refractivity contribution is -0.138. The molecule has 0 amide bonds. The largest absolute Gasteiger partial charge is 0.480 e. The van der Waals surface area contributed by atoms with Crippen molar-refractivity contribution in [2.24, 2.45) is 5.73 Å². The summed E-state index contributed by atoms with van der Waals surface area (Å²) in [6.45, 7) is 1.28. The number of aromatic amines is 1. The quantitative estimate of drug-likeness (QED) is 0.714. The van der Waals surface area contributed by atoms with E-state index in [9.17, 15) is 9.59 Å². The van der Waals surface area contributed by atoms with Crippen molar-refractivity contribution in [2.75, 3.05) is 0 Å². The van der Waals surface area contributed by atoms with Crippen LogP contribution in [0.5, 0.6) is 5.88 Å². The summed E-state index contributed by atoms with van der Waals surface area (Å²) in [5.41, 5.74) is 6.91. The normalized spacial score (nSPS) is 12.3. The highest BCUT2D eigenvalue weighted by atomic mass is 16.5. The smallest absolute Gasteiger partial charge is 0.320 e. The molecule has 100 valence electrons. The third kappa shape index (κ3) is 2.74. The molecule has 0 aliphatic rings. The number of nitrogens with two attached hydrogens (primary N) is 1. The van der Waals surface area contributed by atoms with E-state index in [1.807, 2.05) is 24.3 Å². The minimum absolute atomic E-state index is 0.0853. The lowest BCUT2D eigenvalue weighted by Gasteiger charge is -2.07. The molecule has 1 atom stereocenters. The van der Waals surface area contributed by atoms with Crippen LogP contribution in [0.3, 0.4) is 0 Å². The zero-order chi connectivity index (χ0) is 14.0. The average molecular weight is 262 g/mol. The van der Waals surface area contributed by atoms with Crippen molar-refractivity contribution in [3.8, 4) is 5.88 Å². The van der Waals surface area contributed by atoms with Gasteiger partial charge in [-0.15, -0.1) is 0 Å². The average Bonchev–Trinajstić information content (AvgIpc) is 2.66. The van der Waals surface area contributed by atoms with Crippen LogP contribution in [0.1, 0.15) is 12.5 Å². The van der Waals surface area contributed by atoms with E-state index < -0.39 is 18.0 Å². The molecule has 0 aliphatic carbocycles. The first-order chi connectivity index (χ1) is 8.99. The molecule has 1 heterocycles. The van der Waals surface area contributed by atoms with Crippen LogP contribution in [0.15, 0.2) is 24.3 Å². The third-order valence-electron chi connectivity index (χ3n) is 2.76. The van der Waals surface area contributed by atoms with Crippen LogP contribution in [0.2, 0.25) is 0 Å². The Hall–Kier alpha value is -2.34. The van der Waals surface area contributed by atoms with Gasteiger partial charge < -0.3 is 20.6 Å². The highest BCUT2D eigenvalue weighted by molar-refractivity contribution is 5.88. The van der Waals surface area contributed by atoms with Crippen molar-refractivity contribution in [2.45, 2.75) is 19.4 Å². The number of benzene rings is 1. The van der Waals surface area contributed by atoms with Gasteiger partial charge in [-0.3, -0.25) is 9.59 Å². The molecule has 1 aromatic heterocycles. The number of hydrogen-bond acceptors (Lipinski definition) is 4. The molecule has 2 aromatic rings. The number of H-pyrrole nitrogens is 1. The van der Waals surface area contributed by atoms with Gasteiger partial charge >= 0.3 is 11.9 Å². The molecule has 4 N–H and O–H groups in total. The molecule has 0 fully saturated rings. The number of rotatable bonds is 4. The summed E-state index contributed by atoms with van der Waals surface area (Å²) >= 11 is 0. The Morgan fingerprint density at radius 2 is 2.11 bits per heavy atom. The second-order valence-electron chi connectivity index (χ2n) is 4.22. The first kappa shape index (κ1) is 13.1. The number of aromatic nitrogens is 1. The predicted octanol–water partition coefficient (Wildman–Crippen LogP) is 1.05. The van der Waals surface area contributed by atoms with Gasteiger partial charge in [-0.2, -0.15) is 0 Å². The van der Waals surface area contributed by atoms with Crippen molar-refractivity contribution >= 4 is 22.8 Å². The van der Waals surface area contributed by atoms with Crippen LogP contribution in [0.4, 0.5) is 0 Å². The summed E-state index contributed by atoms with van der Waals surface area (Å²) in [7, 11) is 0. The number of ether oxygens (including phenoxy) is 1. The van der Waals surface area contributed by atoms with E-state index in [4.69, 9.17) is 15.6 Å². The van der Waals surface area contributed by atoms with Crippen molar-refractivity contribution < 1.29 is 19.4 Å². The molecule has 0 radical (unpaired) electrons. The molecular formula is C13H14N2O4. The number of nitrogens with one attached hydrogen (secondary N) is 1. The van der Waals surface area contributed by atoms with E-state index in [2.05, 4.69) is 4.98 Å². The number of carbonyl (C=O) groups is 2. The molecular weight excluding hydrogens is 248 g/mol. The van der Waals surface area contributed by atoms with Crippen LogP contribution in [-0.2, 0) is 16.0 Å². The summed E-state index contributed by atoms with van der Waals surface area (Å²) in [6, 6.07) is 6.25. The SMILES string of the molecule is CC(=O)Oc1[nH]c2ccccc2c1C[C@H](N)C(=O)O. The first-order valence-corrected chi connectivity index (χ1v) is 5.75. The summed E-state index contributed by atoms with van der Waals surface area (Å²) in [5, 5.41) is 9.68. The molecule has 1 aromatic carbocycles. The molecule has 0 unspecified atom stereocenters. The van der Waals surface area contributed by atoms with Gasteiger partial charge in [0.05, 0.1) is 0 Å². The summed E-state index contributed by atoms with van der Waals surface area (Å²) in [5.74, 6) is -1.32. The minimum Gasteiger partial charge on any atom is -0.480 e. The molecule has 19 heavy (non-hydrogen) atoms. The maximum Gasteiger partial charge on any atom is 0.320 e. The highest BCUT2D eigenvalue weighted by Gasteiger charge is 2.20. The van der Waals surface area contributed by atoms with E-state index in [1.54, 1.807) is 0 Å². The molecule has 6 nitrogen and oxygen atoms in total. The van der Waals surface area contributed by atoms with Crippen LogP contribution in [-0.4, -0.2) is 28.1 Å². The van der Waals surface area contributed by atoms with Crippen LogP contribution < -0.4 is 10.5 Å². The van der Waals surface area contributed by atoms with Gasteiger partial charge in [0.2, 0.25) is 5.88 Å². The van der Waals surface area contributed by atoms with Gasteiger partial charge in [-0.25, -0.2) is 0 Å². The van der Waals surface area contributed by atoms with Crippen molar-refractivity contribution in [1.29, 1.82) is 0 Å². The fourth-order valence-electron chi connectivity index (χ4n) is 1.92. The van der Waals surface area contributed by atoms with Gasteiger partial charge in [0.25, 0.3) is 0 Å². The fourth-order valence-corrected chi connectivity index (χ4v) is 1.92. The third-order valence-corrected chi connectivity index (χ3v) is 2.76. The molecule has 6 heteroatoms. The second-order valence-corrected chi connectivity index (χ2v) is 4.22. The molecule has 2 rings (SSSR count). The Morgan fingerprint density at radius 3 is 2.74 bits per heavy atom. The number of fused-ring (bicyclic) bond motifs is 1. The Morgan fingerprint density at radius 1 is 1.42 bits per heavy atom. The second kappa shape index (κ2) is 5.11.